The van der Waals surface area contributed by atoms with Crippen LogP contribution in [-0.2, 0) is 0 Å². The Labute approximate surface area is 96.4 Å². The number of benzene rings is 1. The van der Waals surface area contributed by atoms with E-state index in [0.717, 1.165) is 0 Å². The molecule has 0 aliphatic rings. The minimum Gasteiger partial charge on any atom is -0.395 e. The molecule has 0 heterocycles. The Bertz CT molecular complexity index is 372. The van der Waals surface area contributed by atoms with Crippen LogP contribution in [-0.4, -0.2) is 21.9 Å². The second-order valence-electron chi connectivity index (χ2n) is 2.96. The predicted molar refractivity (Wildman–Crippen MR) is 60.5 cm³/mol. The highest BCUT2D eigenvalue weighted by molar-refractivity contribution is 8.00. The molecule has 0 amide bonds. The van der Waals surface area contributed by atoms with E-state index in [1.165, 1.54) is 23.9 Å². The van der Waals surface area contributed by atoms with Crippen molar-refractivity contribution >= 4 is 29.1 Å². The molecule has 0 fully saturated rings. The van der Waals surface area contributed by atoms with Crippen molar-refractivity contribution in [2.45, 2.75) is 17.1 Å². The molecule has 1 unspecified atom stereocenters. The molecule has 1 N–H and O–H groups in total. The summed E-state index contributed by atoms with van der Waals surface area (Å²) in [6.45, 7) is 1.73. The predicted octanol–water partition coefficient (Wildman–Crippen LogP) is 2.72. The maximum atomic E-state index is 10.7. The molecule has 1 aromatic rings. The summed E-state index contributed by atoms with van der Waals surface area (Å²) in [5.41, 5.74) is -0.0206. The van der Waals surface area contributed by atoms with Crippen LogP contribution < -0.4 is 0 Å². The van der Waals surface area contributed by atoms with Gasteiger partial charge < -0.3 is 5.11 Å². The van der Waals surface area contributed by atoms with Gasteiger partial charge in [0, 0.05) is 11.3 Å². The maximum absolute atomic E-state index is 10.7. The largest absolute Gasteiger partial charge is 0.395 e. The Kier molecular flexibility index (Phi) is 4.38. The van der Waals surface area contributed by atoms with E-state index in [9.17, 15) is 10.1 Å². The first-order valence-electron chi connectivity index (χ1n) is 4.26. The number of hydrogen-bond donors (Lipinski definition) is 1. The van der Waals surface area contributed by atoms with Crippen LogP contribution in [0, 0.1) is 10.1 Å². The Balaban J connectivity index is 3.07. The molecule has 0 radical (unpaired) electrons. The van der Waals surface area contributed by atoms with E-state index in [2.05, 4.69) is 0 Å². The number of nitro benzene ring substituents is 1. The van der Waals surface area contributed by atoms with Crippen molar-refractivity contribution in [3.8, 4) is 0 Å². The number of nitro groups is 1. The fourth-order valence-electron chi connectivity index (χ4n) is 0.996. The number of rotatable bonds is 4. The highest BCUT2D eigenvalue weighted by atomic mass is 35.5. The van der Waals surface area contributed by atoms with E-state index in [0.29, 0.717) is 9.92 Å². The Morgan fingerprint density at radius 3 is 2.87 bits per heavy atom. The molecule has 0 aromatic heterocycles. The van der Waals surface area contributed by atoms with Gasteiger partial charge in [0.25, 0.3) is 5.69 Å². The topological polar surface area (TPSA) is 63.4 Å². The van der Waals surface area contributed by atoms with Gasteiger partial charge in [0.15, 0.2) is 0 Å². The van der Waals surface area contributed by atoms with Crippen LogP contribution in [0.15, 0.2) is 23.1 Å². The monoisotopic (exact) mass is 247 g/mol. The molecule has 1 rings (SSSR count). The van der Waals surface area contributed by atoms with Gasteiger partial charge in [-0.25, -0.2) is 0 Å². The third kappa shape index (κ3) is 3.09. The first-order valence-corrected chi connectivity index (χ1v) is 5.52. The lowest BCUT2D eigenvalue weighted by Gasteiger charge is -2.09. The lowest BCUT2D eigenvalue weighted by atomic mass is 10.3. The normalized spacial score (nSPS) is 12.5. The summed E-state index contributed by atoms with van der Waals surface area (Å²) in [7, 11) is 0. The van der Waals surface area contributed by atoms with Gasteiger partial charge in [-0.1, -0.05) is 24.6 Å². The zero-order chi connectivity index (χ0) is 11.4. The van der Waals surface area contributed by atoms with E-state index >= 15 is 0 Å². The fourth-order valence-corrected chi connectivity index (χ4v) is 2.22. The van der Waals surface area contributed by atoms with Crippen LogP contribution in [0.4, 0.5) is 5.69 Å². The fraction of sp³-hybridized carbons (Fsp3) is 0.333. The molecule has 0 spiro atoms. The lowest BCUT2D eigenvalue weighted by molar-refractivity contribution is -0.387. The van der Waals surface area contributed by atoms with E-state index in [1.54, 1.807) is 13.0 Å². The van der Waals surface area contributed by atoms with E-state index in [-0.39, 0.29) is 17.5 Å². The first kappa shape index (κ1) is 12.3. The number of nitrogens with zero attached hydrogens (tertiary/aromatic N) is 1. The molecule has 6 heteroatoms. The van der Waals surface area contributed by atoms with Gasteiger partial charge in [-0.05, 0) is 6.07 Å². The van der Waals surface area contributed by atoms with Crippen molar-refractivity contribution < 1.29 is 10.0 Å². The smallest absolute Gasteiger partial charge is 0.284 e. The first-order chi connectivity index (χ1) is 7.06. The van der Waals surface area contributed by atoms with Gasteiger partial charge >= 0.3 is 0 Å². The number of aliphatic hydroxyl groups is 1. The van der Waals surface area contributed by atoms with Crippen molar-refractivity contribution in [3.05, 3.63) is 33.3 Å². The second-order valence-corrected chi connectivity index (χ2v) is 4.81. The van der Waals surface area contributed by atoms with Gasteiger partial charge in [-0.15, -0.1) is 11.8 Å². The van der Waals surface area contributed by atoms with Crippen molar-refractivity contribution in [1.29, 1.82) is 0 Å². The van der Waals surface area contributed by atoms with Crippen LogP contribution >= 0.6 is 23.4 Å². The van der Waals surface area contributed by atoms with Crippen LogP contribution in [0.2, 0.25) is 5.02 Å². The van der Waals surface area contributed by atoms with Crippen LogP contribution in [0.1, 0.15) is 6.92 Å². The second kappa shape index (κ2) is 5.34. The number of hydrogen-bond acceptors (Lipinski definition) is 4. The molecule has 4 nitrogen and oxygen atoms in total. The molecular formula is C9H10ClNO3S. The third-order valence-corrected chi connectivity index (χ3v) is 3.36. The van der Waals surface area contributed by atoms with Gasteiger partial charge in [0.2, 0.25) is 0 Å². The van der Waals surface area contributed by atoms with Gasteiger partial charge in [-0.2, -0.15) is 0 Å². The quantitative estimate of drug-likeness (QED) is 0.505. The minimum atomic E-state index is -0.474. The molecule has 0 saturated heterocycles. The average Bonchev–Trinajstić information content (AvgIpc) is 2.20. The van der Waals surface area contributed by atoms with Crippen molar-refractivity contribution in [2.75, 3.05) is 6.61 Å². The van der Waals surface area contributed by atoms with Crippen molar-refractivity contribution in [2.24, 2.45) is 0 Å². The summed E-state index contributed by atoms with van der Waals surface area (Å²) in [5, 5.41) is 19.8. The van der Waals surface area contributed by atoms with Crippen LogP contribution in [0.3, 0.4) is 0 Å². The highest BCUT2D eigenvalue weighted by Gasteiger charge is 2.18. The van der Waals surface area contributed by atoms with E-state index in [4.69, 9.17) is 16.7 Å². The summed E-state index contributed by atoms with van der Waals surface area (Å²) in [6.07, 6.45) is 0. The van der Waals surface area contributed by atoms with E-state index in [1.807, 2.05) is 0 Å². The van der Waals surface area contributed by atoms with Gasteiger partial charge in [0.05, 0.1) is 16.6 Å². The number of aliphatic hydroxyl groups excluding tert-OH is 1. The van der Waals surface area contributed by atoms with Gasteiger partial charge in [0.1, 0.15) is 4.90 Å². The number of halogens is 1. The van der Waals surface area contributed by atoms with E-state index < -0.39 is 4.92 Å². The Morgan fingerprint density at radius 2 is 2.33 bits per heavy atom. The Morgan fingerprint density at radius 1 is 1.67 bits per heavy atom. The van der Waals surface area contributed by atoms with Gasteiger partial charge in [-0.3, -0.25) is 10.1 Å². The molecule has 1 aromatic carbocycles. The number of thioether (sulfide) groups is 1. The molecule has 0 saturated carbocycles. The third-order valence-electron chi connectivity index (χ3n) is 1.72. The molecule has 15 heavy (non-hydrogen) atoms. The van der Waals surface area contributed by atoms with Crippen molar-refractivity contribution in [3.63, 3.8) is 0 Å². The summed E-state index contributed by atoms with van der Waals surface area (Å²) < 4.78 is 0. The SMILES string of the molecule is CC(CO)Sc1c(Cl)cccc1[N+](=O)[O-]. The summed E-state index contributed by atoms with van der Waals surface area (Å²) in [6, 6.07) is 4.54. The summed E-state index contributed by atoms with van der Waals surface area (Å²) >= 11 is 7.07. The molecule has 0 aliphatic carbocycles. The Hall–Kier alpha value is -0.780. The summed E-state index contributed by atoms with van der Waals surface area (Å²) in [4.78, 5) is 10.6. The maximum Gasteiger partial charge on any atom is 0.284 e. The molecule has 82 valence electrons. The van der Waals surface area contributed by atoms with Crippen molar-refractivity contribution in [1.82, 2.24) is 0 Å². The molecule has 0 aliphatic heterocycles. The molecular weight excluding hydrogens is 238 g/mol. The molecule has 1 atom stereocenters. The zero-order valence-electron chi connectivity index (χ0n) is 8.01. The highest BCUT2D eigenvalue weighted by Crippen LogP contribution is 2.37. The average molecular weight is 248 g/mol. The van der Waals surface area contributed by atoms with Crippen LogP contribution in [0.25, 0.3) is 0 Å². The minimum absolute atomic E-state index is 0.0206. The van der Waals surface area contributed by atoms with Crippen LogP contribution in [0.5, 0.6) is 0 Å². The standard InChI is InChI=1S/C9H10ClNO3S/c1-6(5-12)15-9-7(10)3-2-4-8(9)11(13)14/h2-4,6,12H,5H2,1H3. The molecule has 0 bridgehead atoms. The summed E-state index contributed by atoms with van der Waals surface area (Å²) in [5.74, 6) is 0. The zero-order valence-corrected chi connectivity index (χ0v) is 9.59. The lowest BCUT2D eigenvalue weighted by Crippen LogP contribution is -2.03.